The maximum absolute atomic E-state index is 14.8. The number of hydrogen-bond donors (Lipinski definition) is 2. The zero-order valence-corrected chi connectivity index (χ0v) is 33.6. The van der Waals surface area contributed by atoms with E-state index in [4.69, 9.17) is 19.2 Å². The van der Waals surface area contributed by atoms with Crippen LogP contribution in [0.3, 0.4) is 0 Å². The van der Waals surface area contributed by atoms with Crippen LogP contribution in [0.4, 0.5) is 0 Å². The van der Waals surface area contributed by atoms with Crippen molar-refractivity contribution in [3.05, 3.63) is 66.7 Å². The topological polar surface area (TPSA) is 174 Å². The molecule has 15 heteroatoms. The first-order chi connectivity index (χ1) is 28.0. The van der Waals surface area contributed by atoms with Crippen LogP contribution in [0.2, 0.25) is 0 Å². The van der Waals surface area contributed by atoms with Crippen molar-refractivity contribution in [2.75, 3.05) is 40.0 Å². The normalized spacial score (nSPS) is 27.3. The van der Waals surface area contributed by atoms with E-state index in [0.717, 1.165) is 36.6 Å². The molecule has 2 aliphatic carbocycles. The summed E-state index contributed by atoms with van der Waals surface area (Å²) in [6, 6.07) is 16.0. The minimum atomic E-state index is -3.89. The van der Waals surface area contributed by atoms with Crippen molar-refractivity contribution in [2.45, 2.75) is 87.1 Å². The molecular formula is C43H51N5O9S. The lowest BCUT2D eigenvalue weighted by molar-refractivity contribution is -0.146. The summed E-state index contributed by atoms with van der Waals surface area (Å²) in [5.74, 6) is -1.75. The van der Waals surface area contributed by atoms with Gasteiger partial charge in [-0.3, -0.25) is 23.9 Å². The highest BCUT2D eigenvalue weighted by Gasteiger charge is 2.62. The lowest BCUT2D eigenvalue weighted by Gasteiger charge is -2.31. The molecule has 308 valence electrons. The molecule has 3 aromatic rings. The van der Waals surface area contributed by atoms with Gasteiger partial charge in [0.15, 0.2) is 0 Å². The second-order valence-corrected chi connectivity index (χ2v) is 18.1. The molecule has 0 bridgehead atoms. The maximum atomic E-state index is 14.8. The van der Waals surface area contributed by atoms with Crippen LogP contribution in [0.1, 0.15) is 64.2 Å². The Morgan fingerprint density at radius 3 is 2.57 bits per heavy atom. The SMILES string of the molecule is COc1ccc2c(O[C@@H]3C[C@H]4C(=O)N[C@]5(C(=O)NS(=O)(=O)C6CC6)C[C@@H]5/C=C\CCCCC[C@H](CC(=O)N5CCOCC5)C(=O)N4C3)cc(-c3ccccc3)nc2c1. The average Bonchev–Trinajstić information content (AvgIpc) is 4.16. The highest BCUT2D eigenvalue weighted by molar-refractivity contribution is 7.91. The Bertz CT molecular complexity index is 2190. The Morgan fingerprint density at radius 2 is 1.81 bits per heavy atom. The molecule has 3 aliphatic heterocycles. The van der Waals surface area contributed by atoms with Crippen LogP contribution >= 0.6 is 0 Å². The van der Waals surface area contributed by atoms with Gasteiger partial charge in [-0.15, -0.1) is 0 Å². The summed E-state index contributed by atoms with van der Waals surface area (Å²) in [6.45, 7) is 1.83. The van der Waals surface area contributed by atoms with Crippen molar-refractivity contribution < 1.29 is 41.8 Å². The lowest BCUT2D eigenvalue weighted by atomic mass is 9.94. The third-order valence-corrected chi connectivity index (χ3v) is 13.9. The molecule has 5 atom stereocenters. The second kappa shape index (κ2) is 16.7. The minimum absolute atomic E-state index is 0.000195. The van der Waals surface area contributed by atoms with Crippen molar-refractivity contribution >= 4 is 44.6 Å². The lowest BCUT2D eigenvalue weighted by Crippen LogP contribution is -2.57. The molecule has 5 aliphatic rings. The number of pyridine rings is 1. The van der Waals surface area contributed by atoms with E-state index >= 15 is 0 Å². The second-order valence-electron chi connectivity index (χ2n) is 16.1. The van der Waals surface area contributed by atoms with Crippen molar-refractivity contribution in [3.63, 3.8) is 0 Å². The fourth-order valence-electron chi connectivity index (χ4n) is 8.47. The van der Waals surface area contributed by atoms with E-state index in [1.54, 1.807) is 12.0 Å². The fourth-order valence-corrected chi connectivity index (χ4v) is 9.83. The fraction of sp³-hybridized carbons (Fsp3) is 0.512. The van der Waals surface area contributed by atoms with E-state index < -0.39 is 56.6 Å². The van der Waals surface area contributed by atoms with Gasteiger partial charge in [-0.2, -0.15) is 0 Å². The number of sulfonamides is 1. The Hall–Kier alpha value is -5.02. The molecule has 2 saturated carbocycles. The molecule has 1 aromatic heterocycles. The number of carbonyl (C=O) groups excluding carboxylic acids is 4. The van der Waals surface area contributed by atoms with Crippen LogP contribution in [-0.4, -0.2) is 110 Å². The minimum Gasteiger partial charge on any atom is -0.497 e. The van der Waals surface area contributed by atoms with Gasteiger partial charge in [-0.05, 0) is 50.7 Å². The predicted molar refractivity (Wildman–Crippen MR) is 215 cm³/mol. The number of carbonyl (C=O) groups is 4. The first-order valence-corrected chi connectivity index (χ1v) is 22.0. The van der Waals surface area contributed by atoms with Crippen LogP contribution in [0, 0.1) is 11.8 Å². The summed E-state index contributed by atoms with van der Waals surface area (Å²) in [4.78, 5) is 65.1. The van der Waals surface area contributed by atoms with Crippen LogP contribution in [-0.2, 0) is 33.9 Å². The van der Waals surface area contributed by atoms with Gasteiger partial charge in [-0.1, -0.05) is 55.3 Å². The number of methoxy groups -OCH3 is 1. The largest absolute Gasteiger partial charge is 0.497 e. The molecule has 0 unspecified atom stereocenters. The number of fused-ring (bicyclic) bond motifs is 3. The van der Waals surface area contributed by atoms with E-state index in [0.29, 0.717) is 68.3 Å². The van der Waals surface area contributed by atoms with Gasteiger partial charge in [0.2, 0.25) is 27.7 Å². The number of ether oxygens (including phenoxy) is 3. The summed E-state index contributed by atoms with van der Waals surface area (Å²) in [7, 11) is -2.30. The van der Waals surface area contributed by atoms with Crippen molar-refractivity contribution in [1.82, 2.24) is 24.8 Å². The Balaban J connectivity index is 1.12. The van der Waals surface area contributed by atoms with Crippen molar-refractivity contribution in [3.8, 4) is 22.8 Å². The van der Waals surface area contributed by atoms with E-state index in [9.17, 15) is 27.6 Å². The number of rotatable bonds is 9. The summed E-state index contributed by atoms with van der Waals surface area (Å²) in [5.41, 5.74) is 0.696. The Labute approximate surface area is 338 Å². The molecule has 0 spiro atoms. The summed E-state index contributed by atoms with van der Waals surface area (Å²) >= 11 is 0. The van der Waals surface area contributed by atoms with Gasteiger partial charge in [0.1, 0.15) is 29.2 Å². The molecule has 4 fully saturated rings. The van der Waals surface area contributed by atoms with Crippen LogP contribution in [0.5, 0.6) is 11.5 Å². The third-order valence-electron chi connectivity index (χ3n) is 12.1. The van der Waals surface area contributed by atoms with Gasteiger partial charge in [0, 0.05) is 60.8 Å². The van der Waals surface area contributed by atoms with E-state index in [-0.39, 0.29) is 37.6 Å². The third kappa shape index (κ3) is 8.56. The summed E-state index contributed by atoms with van der Waals surface area (Å²) in [6.07, 6.45) is 8.09. The summed E-state index contributed by atoms with van der Waals surface area (Å²) < 4.78 is 45.9. The van der Waals surface area contributed by atoms with Gasteiger partial charge in [-0.25, -0.2) is 13.4 Å². The molecular weight excluding hydrogens is 763 g/mol. The molecule has 2 aromatic carbocycles. The number of allylic oxidation sites excluding steroid dienone is 1. The standard InChI is InChI=1S/C43H51N5O9S/c1-55-31-14-17-34-36(23-31)44-35(28-10-7-5-8-11-28)25-38(34)57-32-24-37-40(50)45-43(42(52)46-58(53,54)33-15-16-33)26-30(43)13-9-4-2-3-6-12-29(41(51)48(37)27-32)22-39(49)47-18-20-56-21-19-47/h5,7-11,13-14,17,23,25,29-30,32-33,37H,2-4,6,12,15-16,18-22,24,26-27H2,1H3,(H,45,50)(H,46,52)/b13-9-/t29-,30+,32-,37+,43-/m1/s1. The number of nitrogens with zero attached hydrogens (tertiary/aromatic N) is 3. The number of morpholine rings is 1. The first-order valence-electron chi connectivity index (χ1n) is 20.5. The molecule has 4 amide bonds. The quantitative estimate of drug-likeness (QED) is 0.299. The number of aromatic nitrogens is 1. The Kier molecular flexibility index (Phi) is 11.4. The zero-order chi connectivity index (χ0) is 40.4. The zero-order valence-electron chi connectivity index (χ0n) is 32.8. The number of nitrogens with one attached hydrogen (secondary N) is 2. The van der Waals surface area contributed by atoms with Crippen molar-refractivity contribution in [2.24, 2.45) is 11.8 Å². The molecule has 2 saturated heterocycles. The number of hydrogen-bond acceptors (Lipinski definition) is 10. The molecule has 0 radical (unpaired) electrons. The van der Waals surface area contributed by atoms with Crippen molar-refractivity contribution in [1.29, 1.82) is 0 Å². The monoisotopic (exact) mass is 813 g/mol. The maximum Gasteiger partial charge on any atom is 0.259 e. The van der Waals surface area contributed by atoms with Crippen LogP contribution in [0.25, 0.3) is 22.2 Å². The van der Waals surface area contributed by atoms with Gasteiger partial charge in [0.05, 0.1) is 43.3 Å². The molecule has 4 heterocycles. The Morgan fingerprint density at radius 1 is 1.02 bits per heavy atom. The van der Waals surface area contributed by atoms with Crippen LogP contribution in [0.15, 0.2) is 66.7 Å². The summed E-state index contributed by atoms with van der Waals surface area (Å²) in [5, 5.41) is 3.04. The highest BCUT2D eigenvalue weighted by Crippen LogP contribution is 2.46. The van der Waals surface area contributed by atoms with E-state index in [2.05, 4.69) is 10.0 Å². The molecule has 58 heavy (non-hydrogen) atoms. The smallest absolute Gasteiger partial charge is 0.259 e. The van der Waals surface area contributed by atoms with Gasteiger partial charge < -0.3 is 29.3 Å². The number of benzene rings is 2. The average molecular weight is 814 g/mol. The van der Waals surface area contributed by atoms with Gasteiger partial charge >= 0.3 is 0 Å². The highest BCUT2D eigenvalue weighted by atomic mass is 32.2. The van der Waals surface area contributed by atoms with Gasteiger partial charge in [0.25, 0.3) is 5.91 Å². The van der Waals surface area contributed by atoms with E-state index in [1.807, 2.05) is 66.7 Å². The molecule has 14 nitrogen and oxygen atoms in total. The van der Waals surface area contributed by atoms with E-state index in [1.165, 1.54) is 4.90 Å². The molecule has 8 rings (SSSR count). The first kappa shape index (κ1) is 39.8. The predicted octanol–water partition coefficient (Wildman–Crippen LogP) is 4.13. The number of amides is 4. The molecule has 2 N–H and O–H groups in total. The van der Waals surface area contributed by atoms with Crippen LogP contribution < -0.4 is 19.5 Å².